The number of aliphatic hydroxyl groups is 1. The Balaban J connectivity index is 1.91. The summed E-state index contributed by atoms with van der Waals surface area (Å²) in [7, 11) is 3.84. The number of hydrogen-bond acceptors (Lipinski definition) is 5. The quantitative estimate of drug-likeness (QED) is 0.889. The van der Waals surface area contributed by atoms with Crippen molar-refractivity contribution in [2.45, 2.75) is 38.7 Å². The van der Waals surface area contributed by atoms with E-state index in [1.54, 1.807) is 0 Å². The number of anilines is 1. The van der Waals surface area contributed by atoms with Crippen molar-refractivity contribution in [3.63, 3.8) is 0 Å². The van der Waals surface area contributed by atoms with Crippen molar-refractivity contribution in [3.8, 4) is 0 Å². The van der Waals surface area contributed by atoms with Gasteiger partial charge in [0.05, 0.1) is 11.8 Å². The Labute approximate surface area is 124 Å². The van der Waals surface area contributed by atoms with E-state index >= 15 is 0 Å². The highest BCUT2D eigenvalue weighted by Crippen LogP contribution is 2.26. The molecule has 6 heteroatoms. The van der Waals surface area contributed by atoms with Gasteiger partial charge in [-0.25, -0.2) is 4.98 Å². The van der Waals surface area contributed by atoms with Crippen LogP contribution < -0.4 is 10.2 Å². The fourth-order valence-corrected chi connectivity index (χ4v) is 3.46. The normalized spacial score (nSPS) is 22.6. The smallest absolute Gasteiger partial charge is 0.263 e. The SMILES string of the molecule is Cc1nc(N(C)C)sc1C(=O)NCC1CCCC(O)C1. The average molecular weight is 297 g/mol. The van der Waals surface area contributed by atoms with Gasteiger partial charge in [-0.3, -0.25) is 4.79 Å². The number of aryl methyl sites for hydroxylation is 1. The van der Waals surface area contributed by atoms with Gasteiger partial charge in [0.1, 0.15) is 4.88 Å². The molecule has 0 saturated heterocycles. The monoisotopic (exact) mass is 297 g/mol. The molecule has 1 saturated carbocycles. The van der Waals surface area contributed by atoms with E-state index in [0.717, 1.165) is 36.5 Å². The first-order valence-corrected chi connectivity index (χ1v) is 7.90. The number of rotatable bonds is 4. The maximum absolute atomic E-state index is 12.2. The highest BCUT2D eigenvalue weighted by atomic mass is 32.1. The number of carbonyl (C=O) groups excluding carboxylic acids is 1. The molecule has 1 aliphatic carbocycles. The number of thiazole rings is 1. The maximum Gasteiger partial charge on any atom is 0.263 e. The molecule has 1 aromatic rings. The molecule has 112 valence electrons. The largest absolute Gasteiger partial charge is 0.393 e. The molecule has 0 aromatic carbocycles. The minimum atomic E-state index is -0.198. The molecule has 1 aliphatic rings. The van der Waals surface area contributed by atoms with Crippen molar-refractivity contribution in [1.29, 1.82) is 0 Å². The number of hydrogen-bond donors (Lipinski definition) is 2. The number of aromatic nitrogens is 1. The van der Waals surface area contributed by atoms with Crippen LogP contribution in [0.1, 0.15) is 41.0 Å². The molecule has 1 amide bonds. The van der Waals surface area contributed by atoms with Crippen molar-refractivity contribution < 1.29 is 9.90 Å². The Bertz CT molecular complexity index is 473. The summed E-state index contributed by atoms with van der Waals surface area (Å²) in [6.45, 7) is 2.51. The number of nitrogens with one attached hydrogen (secondary N) is 1. The second-order valence-corrected chi connectivity index (χ2v) is 6.68. The lowest BCUT2D eigenvalue weighted by Crippen LogP contribution is -2.32. The maximum atomic E-state index is 12.2. The number of aliphatic hydroxyl groups excluding tert-OH is 1. The summed E-state index contributed by atoms with van der Waals surface area (Å²) in [5, 5.41) is 13.5. The molecule has 1 heterocycles. The molecule has 0 aliphatic heterocycles. The number of nitrogens with zero attached hydrogens (tertiary/aromatic N) is 2. The summed E-state index contributed by atoms with van der Waals surface area (Å²) in [6.07, 6.45) is 3.62. The van der Waals surface area contributed by atoms with Gasteiger partial charge < -0.3 is 15.3 Å². The minimum Gasteiger partial charge on any atom is -0.393 e. The van der Waals surface area contributed by atoms with Gasteiger partial charge in [0.2, 0.25) is 0 Å². The second kappa shape index (κ2) is 6.54. The van der Waals surface area contributed by atoms with Crippen molar-refractivity contribution in [1.82, 2.24) is 10.3 Å². The van der Waals surface area contributed by atoms with Crippen LogP contribution in [0.15, 0.2) is 0 Å². The third-order valence-corrected chi connectivity index (χ3v) is 5.00. The van der Waals surface area contributed by atoms with Crippen LogP contribution in [0, 0.1) is 12.8 Å². The zero-order valence-corrected chi connectivity index (χ0v) is 13.2. The van der Waals surface area contributed by atoms with Crippen LogP contribution in [0.25, 0.3) is 0 Å². The van der Waals surface area contributed by atoms with Crippen LogP contribution in [0.4, 0.5) is 5.13 Å². The molecule has 2 unspecified atom stereocenters. The van der Waals surface area contributed by atoms with E-state index in [1.807, 2.05) is 25.9 Å². The fraction of sp³-hybridized carbons (Fsp3) is 0.714. The van der Waals surface area contributed by atoms with E-state index < -0.39 is 0 Å². The predicted molar refractivity (Wildman–Crippen MR) is 81.5 cm³/mol. The van der Waals surface area contributed by atoms with E-state index in [1.165, 1.54) is 11.3 Å². The molecule has 2 N–H and O–H groups in total. The summed E-state index contributed by atoms with van der Waals surface area (Å²) in [5.74, 6) is 0.345. The van der Waals surface area contributed by atoms with E-state index in [4.69, 9.17) is 0 Å². The van der Waals surface area contributed by atoms with E-state index in [9.17, 15) is 9.90 Å². The van der Waals surface area contributed by atoms with Gasteiger partial charge >= 0.3 is 0 Å². The Morgan fingerprint density at radius 3 is 2.85 bits per heavy atom. The Morgan fingerprint density at radius 1 is 1.50 bits per heavy atom. The first-order chi connectivity index (χ1) is 9.47. The van der Waals surface area contributed by atoms with E-state index in [-0.39, 0.29) is 12.0 Å². The van der Waals surface area contributed by atoms with Crippen LogP contribution in [-0.4, -0.2) is 42.7 Å². The van der Waals surface area contributed by atoms with Crippen LogP contribution in [0.3, 0.4) is 0 Å². The first-order valence-electron chi connectivity index (χ1n) is 7.08. The summed E-state index contributed by atoms with van der Waals surface area (Å²) >= 11 is 1.42. The highest BCUT2D eigenvalue weighted by molar-refractivity contribution is 7.17. The van der Waals surface area contributed by atoms with Gasteiger partial charge in [-0.2, -0.15) is 0 Å². The van der Waals surface area contributed by atoms with E-state index in [0.29, 0.717) is 17.3 Å². The predicted octanol–water partition coefficient (Wildman–Crippen LogP) is 1.80. The lowest BCUT2D eigenvalue weighted by molar-refractivity contribution is 0.0876. The summed E-state index contributed by atoms with van der Waals surface area (Å²) in [4.78, 5) is 19.2. The summed E-state index contributed by atoms with van der Waals surface area (Å²) in [5.41, 5.74) is 0.778. The van der Waals surface area contributed by atoms with Crippen LogP contribution in [-0.2, 0) is 0 Å². The molecule has 5 nitrogen and oxygen atoms in total. The fourth-order valence-electron chi connectivity index (χ4n) is 2.55. The van der Waals surface area contributed by atoms with Crippen LogP contribution >= 0.6 is 11.3 Å². The summed E-state index contributed by atoms with van der Waals surface area (Å²) in [6, 6.07) is 0. The number of carbonyl (C=O) groups is 1. The third-order valence-electron chi connectivity index (χ3n) is 3.68. The molecular formula is C14H23N3O2S. The molecule has 2 atom stereocenters. The molecule has 2 rings (SSSR count). The zero-order chi connectivity index (χ0) is 14.7. The van der Waals surface area contributed by atoms with Gasteiger partial charge in [0, 0.05) is 20.6 Å². The minimum absolute atomic E-state index is 0.0480. The Hall–Kier alpha value is -1.14. The van der Waals surface area contributed by atoms with Gasteiger partial charge in [-0.05, 0) is 32.1 Å². The molecule has 1 fully saturated rings. The Kier molecular flexibility index (Phi) is 4.99. The molecule has 20 heavy (non-hydrogen) atoms. The van der Waals surface area contributed by atoms with Crippen LogP contribution in [0.5, 0.6) is 0 Å². The van der Waals surface area contributed by atoms with E-state index in [2.05, 4.69) is 10.3 Å². The highest BCUT2D eigenvalue weighted by Gasteiger charge is 2.22. The third kappa shape index (κ3) is 3.70. The van der Waals surface area contributed by atoms with Crippen molar-refractivity contribution in [2.24, 2.45) is 5.92 Å². The molecular weight excluding hydrogens is 274 g/mol. The standard InChI is InChI=1S/C14H23N3O2S/c1-9-12(20-14(16-9)17(2)3)13(19)15-8-10-5-4-6-11(18)7-10/h10-11,18H,4-8H2,1-3H3,(H,15,19). The Morgan fingerprint density at radius 2 is 2.25 bits per heavy atom. The molecule has 0 radical (unpaired) electrons. The second-order valence-electron chi connectivity index (χ2n) is 5.70. The summed E-state index contributed by atoms with van der Waals surface area (Å²) < 4.78 is 0. The van der Waals surface area contributed by atoms with Crippen molar-refractivity contribution in [3.05, 3.63) is 10.6 Å². The molecule has 0 bridgehead atoms. The lowest BCUT2D eigenvalue weighted by Gasteiger charge is -2.25. The first kappa shape index (κ1) is 15.3. The lowest BCUT2D eigenvalue weighted by atomic mass is 9.87. The topological polar surface area (TPSA) is 65.5 Å². The molecule has 0 spiro atoms. The van der Waals surface area contributed by atoms with Gasteiger partial charge in [-0.1, -0.05) is 17.8 Å². The van der Waals surface area contributed by atoms with Crippen molar-refractivity contribution in [2.75, 3.05) is 25.5 Å². The molecule has 1 aromatic heterocycles. The van der Waals surface area contributed by atoms with Gasteiger partial charge in [-0.15, -0.1) is 0 Å². The number of amides is 1. The zero-order valence-electron chi connectivity index (χ0n) is 12.3. The van der Waals surface area contributed by atoms with Crippen LogP contribution in [0.2, 0.25) is 0 Å². The van der Waals surface area contributed by atoms with Gasteiger partial charge in [0.25, 0.3) is 5.91 Å². The van der Waals surface area contributed by atoms with Gasteiger partial charge in [0.15, 0.2) is 5.13 Å². The van der Waals surface area contributed by atoms with Crippen molar-refractivity contribution >= 4 is 22.4 Å². The average Bonchev–Trinajstić information content (AvgIpc) is 2.78.